The van der Waals surface area contributed by atoms with E-state index in [1.807, 2.05) is 35.7 Å². The molecule has 0 bridgehead atoms. The summed E-state index contributed by atoms with van der Waals surface area (Å²) in [5, 5.41) is 3.47. The summed E-state index contributed by atoms with van der Waals surface area (Å²) >= 11 is 14.1. The van der Waals surface area contributed by atoms with Gasteiger partial charge in [0.15, 0.2) is 4.32 Å². The molecule has 0 saturated carbocycles. The third-order valence-electron chi connectivity index (χ3n) is 3.59. The van der Waals surface area contributed by atoms with E-state index < -0.39 is 0 Å². The first-order valence-corrected chi connectivity index (χ1v) is 9.99. The van der Waals surface area contributed by atoms with E-state index in [1.165, 1.54) is 28.0 Å². The van der Waals surface area contributed by atoms with Gasteiger partial charge in [-0.2, -0.15) is 0 Å². The van der Waals surface area contributed by atoms with Crippen LogP contribution in [0.3, 0.4) is 0 Å². The molecule has 2 aromatic heterocycles. The molecule has 4 nitrogen and oxygen atoms in total. The van der Waals surface area contributed by atoms with Crippen molar-refractivity contribution >= 4 is 68.9 Å². The normalized spacial score (nSPS) is 15.9. The minimum Gasteiger partial charge on any atom is -0.268 e. The molecule has 1 aliphatic rings. The Bertz CT molecular complexity index is 1020. The number of benzene rings is 1. The third-order valence-corrected chi connectivity index (χ3v) is 6.05. The average Bonchev–Trinajstić information content (AvgIpc) is 3.21. The van der Waals surface area contributed by atoms with Gasteiger partial charge in [0.05, 0.1) is 22.5 Å². The first-order valence-electron chi connectivity index (χ1n) is 7.51. The number of thiocarbonyl (C=S) groups is 1. The zero-order chi connectivity index (χ0) is 18.1. The Kier molecular flexibility index (Phi) is 4.86. The highest BCUT2D eigenvalue weighted by Gasteiger charge is 2.33. The van der Waals surface area contributed by atoms with Crippen LogP contribution in [0.5, 0.6) is 0 Å². The van der Waals surface area contributed by atoms with Crippen LogP contribution in [-0.2, 0) is 4.79 Å². The number of halogens is 1. The van der Waals surface area contributed by atoms with E-state index in [0.717, 1.165) is 16.3 Å². The summed E-state index contributed by atoms with van der Waals surface area (Å²) in [4.78, 5) is 23.4. The Morgan fingerprint density at radius 2 is 2.00 bits per heavy atom. The van der Waals surface area contributed by atoms with Gasteiger partial charge in [0, 0.05) is 22.2 Å². The van der Waals surface area contributed by atoms with Crippen LogP contribution >= 0.6 is 46.9 Å². The van der Waals surface area contributed by atoms with Crippen molar-refractivity contribution in [3.05, 3.63) is 69.8 Å². The lowest BCUT2D eigenvalue weighted by atomic mass is 10.2. The molecule has 0 aliphatic carbocycles. The number of thiazole rings is 1. The molecule has 0 atom stereocenters. The van der Waals surface area contributed by atoms with E-state index >= 15 is 0 Å². The van der Waals surface area contributed by atoms with Gasteiger partial charge < -0.3 is 0 Å². The molecule has 1 aliphatic heterocycles. The number of anilines is 1. The predicted octanol–water partition coefficient (Wildman–Crippen LogP) is 5.26. The molecule has 0 unspecified atom stereocenters. The number of carbonyl (C=O) groups excluding carboxylic acids is 1. The smallest absolute Gasteiger partial charge is 0.268 e. The summed E-state index contributed by atoms with van der Waals surface area (Å²) in [5.41, 5.74) is 2.38. The van der Waals surface area contributed by atoms with E-state index in [1.54, 1.807) is 24.5 Å². The van der Waals surface area contributed by atoms with Crippen molar-refractivity contribution in [1.82, 2.24) is 9.97 Å². The monoisotopic (exact) mass is 415 g/mol. The zero-order valence-electron chi connectivity index (χ0n) is 13.1. The summed E-state index contributed by atoms with van der Waals surface area (Å²) < 4.78 is 0.488. The molecule has 1 saturated heterocycles. The van der Waals surface area contributed by atoms with Crippen molar-refractivity contribution in [3.8, 4) is 10.6 Å². The van der Waals surface area contributed by atoms with Crippen LogP contribution in [-0.4, -0.2) is 20.2 Å². The number of aromatic nitrogens is 2. The van der Waals surface area contributed by atoms with E-state index in [-0.39, 0.29) is 5.91 Å². The fourth-order valence-electron chi connectivity index (χ4n) is 2.39. The fraction of sp³-hybridized carbons (Fsp3) is 0. The first-order chi connectivity index (χ1) is 12.6. The molecule has 3 heterocycles. The number of hydrogen-bond acceptors (Lipinski definition) is 6. The Labute approximate surface area is 168 Å². The number of rotatable bonds is 3. The summed E-state index contributed by atoms with van der Waals surface area (Å²) in [6, 6.07) is 11.1. The molecule has 26 heavy (non-hydrogen) atoms. The van der Waals surface area contributed by atoms with Crippen LogP contribution in [0.2, 0.25) is 5.02 Å². The van der Waals surface area contributed by atoms with Gasteiger partial charge in [-0.15, -0.1) is 11.3 Å². The molecule has 128 valence electrons. The van der Waals surface area contributed by atoms with Gasteiger partial charge in [0.1, 0.15) is 5.01 Å². The minimum absolute atomic E-state index is 0.158. The molecular weight excluding hydrogens is 406 g/mol. The lowest BCUT2D eigenvalue weighted by Gasteiger charge is -2.13. The van der Waals surface area contributed by atoms with E-state index in [2.05, 4.69) is 9.97 Å². The number of nitrogens with zero attached hydrogens (tertiary/aromatic N) is 3. The third kappa shape index (κ3) is 3.43. The number of hydrogen-bond donors (Lipinski definition) is 0. The lowest BCUT2D eigenvalue weighted by Crippen LogP contribution is -2.27. The zero-order valence-corrected chi connectivity index (χ0v) is 16.3. The summed E-state index contributed by atoms with van der Waals surface area (Å²) in [6.07, 6.45) is 5.05. The molecule has 1 aromatic carbocycles. The van der Waals surface area contributed by atoms with E-state index in [9.17, 15) is 4.79 Å². The quantitative estimate of drug-likeness (QED) is 0.431. The molecule has 0 N–H and O–H groups in total. The second-order valence-electron chi connectivity index (χ2n) is 5.31. The highest BCUT2D eigenvalue weighted by atomic mass is 35.5. The van der Waals surface area contributed by atoms with Gasteiger partial charge in [0.25, 0.3) is 5.91 Å². The number of thioether (sulfide) groups is 1. The van der Waals surface area contributed by atoms with Crippen LogP contribution in [0.25, 0.3) is 16.6 Å². The topological polar surface area (TPSA) is 46.1 Å². The Morgan fingerprint density at radius 3 is 2.73 bits per heavy atom. The second kappa shape index (κ2) is 7.28. The van der Waals surface area contributed by atoms with Crippen molar-refractivity contribution in [2.45, 2.75) is 0 Å². The van der Waals surface area contributed by atoms with Crippen LogP contribution in [0, 0.1) is 0 Å². The molecule has 1 amide bonds. The standard InChI is InChI=1S/C18H10ClN3OS3/c19-12-5-3-11(4-6-12)16-21-13(10-25-16)8-15-17(23)22(18(24)26-15)14-2-1-7-20-9-14/h1-10H/b15-8-. The molecule has 1 fully saturated rings. The van der Waals surface area contributed by atoms with Crippen molar-refractivity contribution in [3.63, 3.8) is 0 Å². The number of pyridine rings is 1. The summed E-state index contributed by atoms with van der Waals surface area (Å²) in [6.45, 7) is 0. The molecule has 8 heteroatoms. The second-order valence-corrected chi connectivity index (χ2v) is 8.28. The van der Waals surface area contributed by atoms with Crippen molar-refractivity contribution < 1.29 is 4.79 Å². The molecule has 3 aromatic rings. The maximum Gasteiger partial charge on any atom is 0.270 e. The van der Waals surface area contributed by atoms with Gasteiger partial charge in [-0.1, -0.05) is 47.7 Å². The van der Waals surface area contributed by atoms with Gasteiger partial charge in [-0.25, -0.2) is 4.98 Å². The van der Waals surface area contributed by atoms with Crippen molar-refractivity contribution in [2.75, 3.05) is 4.90 Å². The Hall–Kier alpha value is -2.06. The van der Waals surface area contributed by atoms with Crippen LogP contribution in [0.4, 0.5) is 5.69 Å². The van der Waals surface area contributed by atoms with Gasteiger partial charge in [0.2, 0.25) is 0 Å². The number of carbonyl (C=O) groups is 1. The van der Waals surface area contributed by atoms with Crippen LogP contribution < -0.4 is 4.90 Å². The van der Waals surface area contributed by atoms with Crippen molar-refractivity contribution in [2.24, 2.45) is 0 Å². The largest absolute Gasteiger partial charge is 0.270 e. The molecular formula is C18H10ClN3OS3. The van der Waals surface area contributed by atoms with Gasteiger partial charge in [-0.3, -0.25) is 14.7 Å². The highest BCUT2D eigenvalue weighted by molar-refractivity contribution is 8.27. The SMILES string of the molecule is O=C1/C(=C/c2csc(-c3ccc(Cl)cc3)n2)SC(=S)N1c1cccnc1. The van der Waals surface area contributed by atoms with E-state index in [0.29, 0.717) is 19.9 Å². The lowest BCUT2D eigenvalue weighted by molar-refractivity contribution is -0.113. The van der Waals surface area contributed by atoms with E-state index in [4.69, 9.17) is 23.8 Å². The predicted molar refractivity (Wildman–Crippen MR) is 112 cm³/mol. The average molecular weight is 416 g/mol. The van der Waals surface area contributed by atoms with Crippen LogP contribution in [0.15, 0.2) is 59.1 Å². The summed E-state index contributed by atoms with van der Waals surface area (Å²) in [7, 11) is 0. The van der Waals surface area contributed by atoms with Crippen molar-refractivity contribution in [1.29, 1.82) is 0 Å². The maximum atomic E-state index is 12.7. The number of amides is 1. The fourth-order valence-corrected chi connectivity index (χ4v) is 4.58. The molecule has 4 rings (SSSR count). The van der Waals surface area contributed by atoms with Gasteiger partial charge in [-0.05, 0) is 30.3 Å². The molecule has 0 radical (unpaired) electrons. The first kappa shape index (κ1) is 17.4. The van der Waals surface area contributed by atoms with Crippen LogP contribution in [0.1, 0.15) is 5.69 Å². The Balaban J connectivity index is 1.60. The van der Waals surface area contributed by atoms with Gasteiger partial charge >= 0.3 is 0 Å². The molecule has 0 spiro atoms. The maximum absolute atomic E-state index is 12.7. The highest BCUT2D eigenvalue weighted by Crippen LogP contribution is 2.36. The Morgan fingerprint density at radius 1 is 1.19 bits per heavy atom. The minimum atomic E-state index is -0.158. The summed E-state index contributed by atoms with van der Waals surface area (Å²) in [5.74, 6) is -0.158.